The number of imidazole rings is 1. The summed E-state index contributed by atoms with van der Waals surface area (Å²) < 4.78 is 2.25. The van der Waals surface area contributed by atoms with Gasteiger partial charge in [0.25, 0.3) is 0 Å². The number of aryl methyl sites for hydroxylation is 2. The van der Waals surface area contributed by atoms with Crippen LogP contribution in [0.2, 0.25) is 0 Å². The molecular weight excluding hydrogens is 268 g/mol. The van der Waals surface area contributed by atoms with Gasteiger partial charge in [-0.25, -0.2) is 4.98 Å². The highest BCUT2D eigenvalue weighted by Crippen LogP contribution is 2.26. The van der Waals surface area contributed by atoms with Gasteiger partial charge in [0.15, 0.2) is 0 Å². The van der Waals surface area contributed by atoms with Gasteiger partial charge >= 0.3 is 0 Å². The van der Waals surface area contributed by atoms with Crippen molar-refractivity contribution < 1.29 is 0 Å². The van der Waals surface area contributed by atoms with E-state index in [2.05, 4.69) is 60.9 Å². The first-order valence-corrected chi connectivity index (χ1v) is 7.38. The van der Waals surface area contributed by atoms with Crippen molar-refractivity contribution in [2.24, 2.45) is 0 Å². The van der Waals surface area contributed by atoms with E-state index in [4.69, 9.17) is 16.6 Å². The molecule has 2 nitrogen and oxygen atoms in total. The maximum Gasteiger partial charge on any atom is 0.141 e. The third kappa shape index (κ3) is 2.20. The van der Waals surface area contributed by atoms with Gasteiger partial charge in [0, 0.05) is 18.0 Å². The van der Waals surface area contributed by atoms with E-state index < -0.39 is 0 Å². The van der Waals surface area contributed by atoms with Crippen LogP contribution in [0.1, 0.15) is 18.1 Å². The predicted octanol–water partition coefficient (Wildman–Crippen LogP) is 4.77. The maximum atomic E-state index is 5.84. The van der Waals surface area contributed by atoms with E-state index in [1.165, 1.54) is 11.1 Å². The fraction of sp³-hybridized carbons (Fsp3) is 0.235. The summed E-state index contributed by atoms with van der Waals surface area (Å²) in [6.07, 6.45) is 0. The predicted molar refractivity (Wildman–Crippen MR) is 85.1 cm³/mol. The highest BCUT2D eigenvalue weighted by molar-refractivity contribution is 6.17. The molecule has 3 aromatic rings. The Labute approximate surface area is 124 Å². The molecule has 20 heavy (non-hydrogen) atoms. The number of aromatic nitrogens is 2. The summed E-state index contributed by atoms with van der Waals surface area (Å²) in [6, 6.07) is 14.7. The average Bonchev–Trinajstić information content (AvgIpc) is 2.84. The lowest BCUT2D eigenvalue weighted by molar-refractivity contribution is 0.796. The van der Waals surface area contributed by atoms with Crippen LogP contribution in [-0.2, 0) is 12.4 Å². The van der Waals surface area contributed by atoms with Crippen molar-refractivity contribution in [1.82, 2.24) is 9.55 Å². The largest absolute Gasteiger partial charge is 0.324 e. The second-order valence-electron chi connectivity index (χ2n) is 5.00. The smallest absolute Gasteiger partial charge is 0.141 e. The zero-order valence-electron chi connectivity index (χ0n) is 11.7. The molecule has 0 saturated carbocycles. The Hall–Kier alpha value is -1.80. The minimum absolute atomic E-state index is 0.545. The third-order valence-corrected chi connectivity index (χ3v) is 3.90. The summed E-state index contributed by atoms with van der Waals surface area (Å²) in [4.78, 5) is 4.80. The van der Waals surface area contributed by atoms with Gasteiger partial charge in [-0.15, -0.1) is 11.6 Å². The molecule has 0 radical (unpaired) electrons. The van der Waals surface area contributed by atoms with E-state index >= 15 is 0 Å². The molecule has 1 heterocycles. The topological polar surface area (TPSA) is 17.8 Å². The van der Waals surface area contributed by atoms with Crippen LogP contribution in [0.5, 0.6) is 0 Å². The molecular formula is C17H17ClN2. The van der Waals surface area contributed by atoms with Crippen LogP contribution in [0.3, 0.4) is 0 Å². The molecule has 0 unspecified atom stereocenters. The number of alkyl halides is 1. The highest BCUT2D eigenvalue weighted by Gasteiger charge is 2.11. The number of nitrogens with zero attached hydrogens (tertiary/aromatic N) is 2. The monoisotopic (exact) mass is 284 g/mol. The minimum Gasteiger partial charge on any atom is -0.324 e. The number of hydrogen-bond acceptors (Lipinski definition) is 1. The van der Waals surface area contributed by atoms with E-state index in [0.717, 1.165) is 29.0 Å². The van der Waals surface area contributed by atoms with Gasteiger partial charge in [-0.3, -0.25) is 0 Å². The third-order valence-electron chi connectivity index (χ3n) is 3.59. The number of fused-ring (bicyclic) bond motifs is 1. The molecule has 0 N–H and O–H groups in total. The summed E-state index contributed by atoms with van der Waals surface area (Å²) >= 11 is 5.84. The Morgan fingerprint density at radius 2 is 1.85 bits per heavy atom. The Bertz CT molecular complexity index is 742. The summed E-state index contributed by atoms with van der Waals surface area (Å²) in [6.45, 7) is 5.16. The Morgan fingerprint density at radius 1 is 1.10 bits per heavy atom. The average molecular weight is 285 g/mol. The normalized spacial score (nSPS) is 11.2. The van der Waals surface area contributed by atoms with Crippen molar-refractivity contribution in [3.8, 4) is 11.4 Å². The second-order valence-corrected chi connectivity index (χ2v) is 5.27. The van der Waals surface area contributed by atoms with Gasteiger partial charge < -0.3 is 4.57 Å². The minimum atomic E-state index is 0.545. The van der Waals surface area contributed by atoms with E-state index in [-0.39, 0.29) is 0 Å². The van der Waals surface area contributed by atoms with E-state index in [9.17, 15) is 0 Å². The SMILES string of the molecule is CCn1c(-c2ccc(CCl)cc2)nc2cc(C)ccc21. The summed E-state index contributed by atoms with van der Waals surface area (Å²) in [5.74, 6) is 1.57. The summed E-state index contributed by atoms with van der Waals surface area (Å²) in [5.41, 5.74) is 5.75. The Morgan fingerprint density at radius 3 is 2.50 bits per heavy atom. The molecule has 0 aliphatic carbocycles. The number of hydrogen-bond donors (Lipinski definition) is 0. The fourth-order valence-electron chi connectivity index (χ4n) is 2.52. The zero-order valence-corrected chi connectivity index (χ0v) is 12.5. The Balaban J connectivity index is 2.18. The first kappa shape index (κ1) is 13.2. The molecule has 0 bridgehead atoms. The lowest BCUT2D eigenvalue weighted by Crippen LogP contribution is -1.97. The molecule has 0 saturated heterocycles. The van der Waals surface area contributed by atoms with Crippen LogP contribution in [0.4, 0.5) is 0 Å². The van der Waals surface area contributed by atoms with Gasteiger partial charge in [-0.2, -0.15) is 0 Å². The molecule has 2 aromatic carbocycles. The molecule has 1 aromatic heterocycles. The first-order valence-electron chi connectivity index (χ1n) is 6.85. The maximum absolute atomic E-state index is 5.84. The van der Waals surface area contributed by atoms with Crippen molar-refractivity contribution in [3.05, 3.63) is 53.6 Å². The van der Waals surface area contributed by atoms with E-state index in [1.54, 1.807) is 0 Å². The van der Waals surface area contributed by atoms with Crippen LogP contribution in [0.15, 0.2) is 42.5 Å². The summed E-state index contributed by atoms with van der Waals surface area (Å²) in [7, 11) is 0. The zero-order chi connectivity index (χ0) is 14.1. The van der Waals surface area contributed by atoms with Gasteiger partial charge in [-0.1, -0.05) is 30.3 Å². The highest BCUT2D eigenvalue weighted by atomic mass is 35.5. The van der Waals surface area contributed by atoms with Crippen molar-refractivity contribution in [2.75, 3.05) is 0 Å². The lowest BCUT2D eigenvalue weighted by atomic mass is 10.1. The van der Waals surface area contributed by atoms with Crippen molar-refractivity contribution in [3.63, 3.8) is 0 Å². The van der Waals surface area contributed by atoms with Gasteiger partial charge in [0.05, 0.1) is 11.0 Å². The van der Waals surface area contributed by atoms with Crippen LogP contribution >= 0.6 is 11.6 Å². The summed E-state index contributed by atoms with van der Waals surface area (Å²) in [5, 5.41) is 0. The van der Waals surface area contributed by atoms with Crippen molar-refractivity contribution in [1.29, 1.82) is 0 Å². The van der Waals surface area contributed by atoms with Crippen LogP contribution in [0, 0.1) is 6.92 Å². The second kappa shape index (κ2) is 5.29. The van der Waals surface area contributed by atoms with Crippen LogP contribution in [-0.4, -0.2) is 9.55 Å². The molecule has 102 valence electrons. The van der Waals surface area contributed by atoms with E-state index in [1.807, 2.05) is 0 Å². The lowest BCUT2D eigenvalue weighted by Gasteiger charge is -2.06. The van der Waals surface area contributed by atoms with E-state index in [0.29, 0.717) is 5.88 Å². The molecule has 0 fully saturated rings. The van der Waals surface area contributed by atoms with Crippen LogP contribution in [0.25, 0.3) is 22.4 Å². The van der Waals surface area contributed by atoms with Crippen molar-refractivity contribution in [2.45, 2.75) is 26.3 Å². The number of rotatable bonds is 3. The standard InChI is InChI=1S/C17H17ClN2/c1-3-20-16-9-4-12(2)10-15(16)19-17(20)14-7-5-13(11-18)6-8-14/h4-10H,3,11H2,1-2H3. The van der Waals surface area contributed by atoms with Crippen LogP contribution < -0.4 is 0 Å². The number of halogens is 1. The Kier molecular flexibility index (Phi) is 3.49. The molecule has 0 spiro atoms. The molecule has 0 aliphatic heterocycles. The molecule has 3 heteroatoms. The van der Waals surface area contributed by atoms with Gasteiger partial charge in [0.1, 0.15) is 5.82 Å². The fourth-order valence-corrected chi connectivity index (χ4v) is 2.70. The quantitative estimate of drug-likeness (QED) is 0.634. The first-order chi connectivity index (χ1) is 9.72. The van der Waals surface area contributed by atoms with Gasteiger partial charge in [-0.05, 0) is 37.1 Å². The molecule has 0 amide bonds. The molecule has 0 atom stereocenters. The van der Waals surface area contributed by atoms with Crippen molar-refractivity contribution >= 4 is 22.6 Å². The molecule has 0 aliphatic rings. The number of benzene rings is 2. The molecule has 3 rings (SSSR count). The van der Waals surface area contributed by atoms with Gasteiger partial charge in [0.2, 0.25) is 0 Å².